The van der Waals surface area contributed by atoms with Gasteiger partial charge in [-0.1, -0.05) is 27.2 Å². The first-order valence-corrected chi connectivity index (χ1v) is 7.86. The minimum Gasteiger partial charge on any atom is -0.361 e. The van der Waals surface area contributed by atoms with Gasteiger partial charge < -0.3 is 9.42 Å². The molecule has 3 rings (SSSR count). The van der Waals surface area contributed by atoms with Crippen LogP contribution in [0.3, 0.4) is 0 Å². The van der Waals surface area contributed by atoms with Gasteiger partial charge in [0.25, 0.3) is 0 Å². The van der Waals surface area contributed by atoms with Crippen LogP contribution in [0.15, 0.2) is 27.2 Å². The number of benzene rings is 1. The van der Waals surface area contributed by atoms with Crippen molar-refractivity contribution in [2.24, 2.45) is 0 Å². The van der Waals surface area contributed by atoms with Crippen LogP contribution in [0.4, 0.5) is 5.69 Å². The lowest BCUT2D eigenvalue weighted by molar-refractivity contribution is -0.118. The Balaban J connectivity index is 1.72. The van der Waals surface area contributed by atoms with Crippen molar-refractivity contribution < 1.29 is 9.32 Å². The number of carbonyl (C=O) groups is 1. The number of amides is 1. The van der Waals surface area contributed by atoms with E-state index >= 15 is 0 Å². The predicted molar refractivity (Wildman–Crippen MR) is 84.5 cm³/mol. The zero-order valence-electron chi connectivity index (χ0n) is 12.1. The molecule has 0 saturated heterocycles. The first-order chi connectivity index (χ1) is 10.1. The predicted octanol–water partition coefficient (Wildman–Crippen LogP) is 3.58. The molecular formula is C16H17BrN2O2. The van der Waals surface area contributed by atoms with E-state index in [0.29, 0.717) is 12.8 Å². The van der Waals surface area contributed by atoms with Crippen molar-refractivity contribution in [2.45, 2.75) is 33.1 Å². The Morgan fingerprint density at radius 1 is 1.43 bits per heavy atom. The molecule has 4 nitrogen and oxygen atoms in total. The van der Waals surface area contributed by atoms with Gasteiger partial charge in [-0.15, -0.1) is 0 Å². The van der Waals surface area contributed by atoms with E-state index in [-0.39, 0.29) is 5.91 Å². The van der Waals surface area contributed by atoms with Crippen LogP contribution in [-0.4, -0.2) is 17.6 Å². The number of halogens is 1. The monoisotopic (exact) mass is 348 g/mol. The maximum absolute atomic E-state index is 12.5. The number of anilines is 1. The normalized spacial score (nSPS) is 13.6. The second-order valence-electron chi connectivity index (χ2n) is 5.37. The molecule has 0 atom stereocenters. The summed E-state index contributed by atoms with van der Waals surface area (Å²) in [5, 5.41) is 3.93. The fourth-order valence-corrected chi connectivity index (χ4v) is 3.19. The zero-order chi connectivity index (χ0) is 15.0. The van der Waals surface area contributed by atoms with Crippen molar-refractivity contribution in [1.82, 2.24) is 5.16 Å². The van der Waals surface area contributed by atoms with Crippen LogP contribution in [-0.2, 0) is 17.6 Å². The fraction of sp³-hybridized carbons (Fsp3) is 0.375. The highest BCUT2D eigenvalue weighted by Crippen LogP contribution is 2.31. The van der Waals surface area contributed by atoms with Crippen LogP contribution in [0.25, 0.3) is 0 Å². The van der Waals surface area contributed by atoms with Gasteiger partial charge in [0.2, 0.25) is 5.91 Å². The number of carbonyl (C=O) groups excluding carboxylic acids is 1. The summed E-state index contributed by atoms with van der Waals surface area (Å²) in [6, 6.07) is 6.13. The Morgan fingerprint density at radius 3 is 2.95 bits per heavy atom. The number of rotatable bonds is 3. The third-order valence-electron chi connectivity index (χ3n) is 4.01. The van der Waals surface area contributed by atoms with Gasteiger partial charge in [-0.25, -0.2) is 0 Å². The van der Waals surface area contributed by atoms with E-state index in [4.69, 9.17) is 4.52 Å². The molecule has 0 fully saturated rings. The summed E-state index contributed by atoms with van der Waals surface area (Å²) in [6.45, 7) is 4.58. The molecule has 0 aliphatic carbocycles. The number of hydrogen-bond donors (Lipinski definition) is 0. The summed E-state index contributed by atoms with van der Waals surface area (Å²) < 4.78 is 6.15. The van der Waals surface area contributed by atoms with Gasteiger partial charge in [-0.05, 0) is 44.4 Å². The van der Waals surface area contributed by atoms with Crippen molar-refractivity contribution >= 4 is 27.5 Å². The molecule has 0 bridgehead atoms. The first-order valence-electron chi connectivity index (χ1n) is 7.07. The summed E-state index contributed by atoms with van der Waals surface area (Å²) in [6.07, 6.45) is 2.09. The highest BCUT2D eigenvalue weighted by molar-refractivity contribution is 9.10. The smallest absolute Gasteiger partial charge is 0.227 e. The lowest BCUT2D eigenvalue weighted by Gasteiger charge is -2.17. The minimum absolute atomic E-state index is 0.159. The first kappa shape index (κ1) is 14.3. The molecule has 1 aromatic carbocycles. The number of hydrogen-bond acceptors (Lipinski definition) is 3. The molecule has 1 aliphatic heterocycles. The molecular weight excluding hydrogens is 332 g/mol. The van der Waals surface area contributed by atoms with Crippen LogP contribution in [0.2, 0.25) is 0 Å². The maximum atomic E-state index is 12.5. The summed E-state index contributed by atoms with van der Waals surface area (Å²) in [4.78, 5) is 14.4. The Bertz CT molecular complexity index is 674. The number of aromatic nitrogens is 1. The average molecular weight is 349 g/mol. The van der Waals surface area contributed by atoms with Gasteiger partial charge in [0.1, 0.15) is 5.76 Å². The van der Waals surface area contributed by atoms with Gasteiger partial charge >= 0.3 is 0 Å². The van der Waals surface area contributed by atoms with Gasteiger partial charge in [0, 0.05) is 28.7 Å². The van der Waals surface area contributed by atoms with Gasteiger partial charge in [0.15, 0.2) is 0 Å². The third-order valence-corrected chi connectivity index (χ3v) is 4.51. The molecule has 1 amide bonds. The topological polar surface area (TPSA) is 46.3 Å². The van der Waals surface area contributed by atoms with E-state index in [1.54, 1.807) is 0 Å². The molecule has 110 valence electrons. The van der Waals surface area contributed by atoms with E-state index in [0.717, 1.165) is 40.1 Å². The van der Waals surface area contributed by atoms with Crippen LogP contribution in [0, 0.1) is 13.8 Å². The molecule has 1 aliphatic rings. The molecule has 0 N–H and O–H groups in total. The van der Waals surface area contributed by atoms with E-state index in [2.05, 4.69) is 27.2 Å². The highest BCUT2D eigenvalue weighted by atomic mass is 79.9. The SMILES string of the molecule is Cc1noc(C)c1CCC(=O)N1CCc2ccc(Br)cc21. The van der Waals surface area contributed by atoms with Crippen molar-refractivity contribution in [1.29, 1.82) is 0 Å². The Hall–Kier alpha value is -1.62. The van der Waals surface area contributed by atoms with Crippen molar-refractivity contribution in [3.8, 4) is 0 Å². The van der Waals surface area contributed by atoms with Crippen LogP contribution >= 0.6 is 15.9 Å². The van der Waals surface area contributed by atoms with Crippen LogP contribution in [0.1, 0.15) is 29.0 Å². The lowest BCUT2D eigenvalue weighted by atomic mass is 10.1. The van der Waals surface area contributed by atoms with E-state index in [9.17, 15) is 4.79 Å². The molecule has 0 saturated carbocycles. The quantitative estimate of drug-likeness (QED) is 0.851. The van der Waals surface area contributed by atoms with E-state index < -0.39 is 0 Å². The summed E-state index contributed by atoms with van der Waals surface area (Å²) in [5.41, 5.74) is 4.21. The fourth-order valence-electron chi connectivity index (χ4n) is 2.84. The zero-order valence-corrected chi connectivity index (χ0v) is 13.7. The van der Waals surface area contributed by atoms with E-state index in [1.807, 2.05) is 30.9 Å². The largest absolute Gasteiger partial charge is 0.361 e. The minimum atomic E-state index is 0.159. The summed E-state index contributed by atoms with van der Waals surface area (Å²) in [7, 11) is 0. The van der Waals surface area contributed by atoms with Gasteiger partial charge in [-0.3, -0.25) is 4.79 Å². The molecule has 2 aromatic rings. The molecule has 5 heteroatoms. The number of aryl methyl sites for hydroxylation is 2. The molecule has 0 radical (unpaired) electrons. The van der Waals surface area contributed by atoms with Crippen LogP contribution in [0.5, 0.6) is 0 Å². The molecule has 1 aromatic heterocycles. The van der Waals surface area contributed by atoms with Crippen molar-refractivity contribution in [3.63, 3.8) is 0 Å². The molecule has 2 heterocycles. The third kappa shape index (κ3) is 2.75. The summed E-state index contributed by atoms with van der Waals surface area (Å²) in [5.74, 6) is 0.969. The maximum Gasteiger partial charge on any atom is 0.227 e. The Kier molecular flexibility index (Phi) is 3.85. The number of nitrogens with zero attached hydrogens (tertiary/aromatic N) is 2. The molecule has 21 heavy (non-hydrogen) atoms. The van der Waals surface area contributed by atoms with Crippen molar-refractivity contribution in [2.75, 3.05) is 11.4 Å². The standard InChI is InChI=1S/C16H17BrN2O2/c1-10-14(11(2)21-18-10)5-6-16(20)19-8-7-12-3-4-13(17)9-15(12)19/h3-4,9H,5-8H2,1-2H3. The van der Waals surface area contributed by atoms with E-state index in [1.165, 1.54) is 5.56 Å². The second kappa shape index (κ2) is 5.64. The van der Waals surface area contributed by atoms with Gasteiger partial charge in [-0.2, -0.15) is 0 Å². The molecule has 0 unspecified atom stereocenters. The Morgan fingerprint density at radius 2 is 2.24 bits per heavy atom. The summed E-state index contributed by atoms with van der Waals surface area (Å²) >= 11 is 3.47. The van der Waals surface area contributed by atoms with Crippen molar-refractivity contribution in [3.05, 3.63) is 45.3 Å². The second-order valence-corrected chi connectivity index (χ2v) is 6.29. The van der Waals surface area contributed by atoms with Crippen LogP contribution < -0.4 is 4.90 Å². The Labute approximate surface area is 132 Å². The average Bonchev–Trinajstić information content (AvgIpc) is 3.00. The molecule has 0 spiro atoms. The highest BCUT2D eigenvalue weighted by Gasteiger charge is 2.25. The number of fused-ring (bicyclic) bond motifs is 1. The lowest BCUT2D eigenvalue weighted by Crippen LogP contribution is -2.29. The van der Waals surface area contributed by atoms with Gasteiger partial charge in [0.05, 0.1) is 5.69 Å².